The number of nitrogens with one attached hydrogen (secondary N) is 1. The molecular weight excluding hydrogens is 261 g/mol. The second kappa shape index (κ2) is 7.85. The molecular formula is C15H22FNO3. The van der Waals surface area contributed by atoms with Gasteiger partial charge in [-0.25, -0.2) is 4.39 Å². The first-order valence-corrected chi connectivity index (χ1v) is 6.87. The maximum absolute atomic E-state index is 13.2. The summed E-state index contributed by atoms with van der Waals surface area (Å²) in [5.41, 5.74) is 0.332. The van der Waals surface area contributed by atoms with Crippen molar-refractivity contribution in [1.29, 1.82) is 0 Å². The summed E-state index contributed by atoms with van der Waals surface area (Å²) in [5.74, 6) is -0.354. The maximum atomic E-state index is 13.2. The van der Waals surface area contributed by atoms with E-state index < -0.39 is 18.0 Å². The van der Waals surface area contributed by atoms with Crippen molar-refractivity contribution in [3.8, 4) is 5.75 Å². The van der Waals surface area contributed by atoms with Gasteiger partial charge in [-0.1, -0.05) is 13.3 Å². The molecule has 0 radical (unpaired) electrons. The second-order valence-electron chi connectivity index (χ2n) is 4.76. The van der Waals surface area contributed by atoms with Crippen LogP contribution < -0.4 is 10.1 Å². The minimum atomic E-state index is -0.865. The molecule has 0 spiro atoms. The van der Waals surface area contributed by atoms with Crippen LogP contribution in [-0.2, 0) is 4.79 Å². The van der Waals surface area contributed by atoms with Gasteiger partial charge in [-0.3, -0.25) is 4.79 Å². The normalized spacial score (nSPS) is 13.7. The monoisotopic (exact) mass is 283 g/mol. The molecule has 5 heteroatoms. The van der Waals surface area contributed by atoms with Crippen molar-refractivity contribution in [3.63, 3.8) is 0 Å². The number of amides is 1. The Kier molecular flexibility index (Phi) is 6.45. The van der Waals surface area contributed by atoms with Crippen molar-refractivity contribution in [3.05, 3.63) is 29.6 Å². The van der Waals surface area contributed by atoms with E-state index in [0.717, 1.165) is 12.8 Å². The molecule has 1 amide bonds. The topological polar surface area (TPSA) is 58.6 Å². The number of carbonyl (C=O) groups is 1. The van der Waals surface area contributed by atoms with Gasteiger partial charge in [-0.15, -0.1) is 0 Å². The molecule has 0 heterocycles. The minimum absolute atomic E-state index is 0.223. The average molecular weight is 283 g/mol. The van der Waals surface area contributed by atoms with Gasteiger partial charge >= 0.3 is 0 Å². The summed E-state index contributed by atoms with van der Waals surface area (Å²) in [6.07, 6.45) is 0.346. The summed E-state index contributed by atoms with van der Waals surface area (Å²) in [6, 6.07) is 3.87. The van der Waals surface area contributed by atoms with Crippen molar-refractivity contribution in [1.82, 2.24) is 5.32 Å². The first kappa shape index (κ1) is 16.4. The molecule has 0 bridgehead atoms. The van der Waals surface area contributed by atoms with Crippen LogP contribution >= 0.6 is 0 Å². The molecule has 0 aromatic heterocycles. The van der Waals surface area contributed by atoms with Crippen molar-refractivity contribution in [2.45, 2.75) is 45.8 Å². The number of carbonyl (C=O) groups excluding carboxylic acids is 1. The molecule has 1 unspecified atom stereocenters. The highest BCUT2D eigenvalue weighted by molar-refractivity contribution is 5.80. The first-order chi connectivity index (χ1) is 9.45. The van der Waals surface area contributed by atoms with Crippen LogP contribution in [0.25, 0.3) is 0 Å². The molecule has 0 saturated carbocycles. The number of aliphatic hydroxyl groups excluding tert-OH is 1. The Morgan fingerprint density at radius 2 is 2.15 bits per heavy atom. The lowest BCUT2D eigenvalue weighted by atomic mass is 10.1. The van der Waals surface area contributed by atoms with Gasteiger partial charge in [0.1, 0.15) is 11.6 Å². The molecule has 0 aliphatic heterocycles. The van der Waals surface area contributed by atoms with Crippen LogP contribution in [0.2, 0.25) is 0 Å². The van der Waals surface area contributed by atoms with Gasteiger partial charge < -0.3 is 15.2 Å². The van der Waals surface area contributed by atoms with Crippen LogP contribution in [0.3, 0.4) is 0 Å². The third-order valence-corrected chi connectivity index (χ3v) is 2.92. The smallest absolute Gasteiger partial charge is 0.260 e. The van der Waals surface area contributed by atoms with E-state index in [0.29, 0.717) is 17.9 Å². The van der Waals surface area contributed by atoms with E-state index in [9.17, 15) is 14.3 Å². The van der Waals surface area contributed by atoms with Gasteiger partial charge in [0.2, 0.25) is 0 Å². The summed E-state index contributed by atoms with van der Waals surface area (Å²) >= 11 is 0. The highest BCUT2D eigenvalue weighted by Crippen LogP contribution is 2.26. The van der Waals surface area contributed by atoms with Gasteiger partial charge in [0.25, 0.3) is 5.91 Å². The summed E-state index contributed by atoms with van der Waals surface area (Å²) in [5, 5.41) is 12.4. The number of halogens is 1. The third kappa shape index (κ3) is 4.81. The number of rotatable bonds is 7. The number of ether oxygens (including phenoxy) is 1. The Morgan fingerprint density at radius 1 is 1.45 bits per heavy atom. The van der Waals surface area contributed by atoms with Gasteiger partial charge in [0.05, 0.1) is 6.10 Å². The molecule has 0 aliphatic rings. The lowest BCUT2D eigenvalue weighted by Crippen LogP contribution is -2.37. The second-order valence-corrected chi connectivity index (χ2v) is 4.76. The third-order valence-electron chi connectivity index (χ3n) is 2.92. The van der Waals surface area contributed by atoms with Crippen LogP contribution in [0, 0.1) is 5.82 Å². The van der Waals surface area contributed by atoms with E-state index >= 15 is 0 Å². The van der Waals surface area contributed by atoms with Gasteiger partial charge in [-0.05, 0) is 38.5 Å². The molecule has 2 N–H and O–H groups in total. The molecule has 0 saturated heterocycles. The molecule has 4 nitrogen and oxygen atoms in total. The van der Waals surface area contributed by atoms with Crippen molar-refractivity contribution in [2.24, 2.45) is 0 Å². The predicted octanol–water partition coefficient (Wildman–Crippen LogP) is 2.56. The SMILES string of the molecule is CCCCNC(=O)C(C)Oc1ccc(F)cc1[C@@H](C)O. The lowest BCUT2D eigenvalue weighted by Gasteiger charge is -2.18. The summed E-state index contributed by atoms with van der Waals surface area (Å²) in [4.78, 5) is 11.8. The molecule has 1 rings (SSSR count). The zero-order valence-corrected chi connectivity index (χ0v) is 12.1. The van der Waals surface area contributed by atoms with Gasteiger partial charge in [0, 0.05) is 12.1 Å². The molecule has 2 atom stereocenters. The van der Waals surface area contributed by atoms with Gasteiger partial charge in [0.15, 0.2) is 6.10 Å². The van der Waals surface area contributed by atoms with Crippen LogP contribution in [0.5, 0.6) is 5.75 Å². The number of benzene rings is 1. The van der Waals surface area contributed by atoms with E-state index in [1.807, 2.05) is 6.92 Å². The van der Waals surface area contributed by atoms with E-state index in [1.165, 1.54) is 25.1 Å². The quantitative estimate of drug-likeness (QED) is 0.756. The van der Waals surface area contributed by atoms with Crippen molar-refractivity contribution < 1.29 is 19.0 Å². The number of unbranched alkanes of at least 4 members (excludes halogenated alkanes) is 1. The Labute approximate surface area is 119 Å². The average Bonchev–Trinajstić information content (AvgIpc) is 2.40. The number of hydrogen-bond acceptors (Lipinski definition) is 3. The van der Waals surface area contributed by atoms with E-state index in [4.69, 9.17) is 4.74 Å². The number of aliphatic hydroxyl groups is 1. The molecule has 1 aromatic carbocycles. The minimum Gasteiger partial charge on any atom is -0.481 e. The number of hydrogen-bond donors (Lipinski definition) is 2. The first-order valence-electron chi connectivity index (χ1n) is 6.87. The highest BCUT2D eigenvalue weighted by atomic mass is 19.1. The summed E-state index contributed by atoms with van der Waals surface area (Å²) < 4.78 is 18.7. The Morgan fingerprint density at radius 3 is 2.75 bits per heavy atom. The summed E-state index contributed by atoms with van der Waals surface area (Å²) in [7, 11) is 0. The molecule has 112 valence electrons. The lowest BCUT2D eigenvalue weighted by molar-refractivity contribution is -0.127. The zero-order chi connectivity index (χ0) is 15.1. The van der Waals surface area contributed by atoms with Crippen molar-refractivity contribution in [2.75, 3.05) is 6.54 Å². The van der Waals surface area contributed by atoms with E-state index in [-0.39, 0.29) is 5.91 Å². The zero-order valence-electron chi connectivity index (χ0n) is 12.1. The van der Waals surface area contributed by atoms with Crippen LogP contribution in [-0.4, -0.2) is 23.7 Å². The van der Waals surface area contributed by atoms with Gasteiger partial charge in [-0.2, -0.15) is 0 Å². The van der Waals surface area contributed by atoms with Crippen LogP contribution in [0.4, 0.5) is 4.39 Å². The highest BCUT2D eigenvalue weighted by Gasteiger charge is 2.17. The molecule has 0 aliphatic carbocycles. The Hall–Kier alpha value is -1.62. The standard InChI is InChI=1S/C15H22FNO3/c1-4-5-8-17-15(19)11(3)20-14-7-6-12(16)9-13(14)10(2)18/h6-7,9-11,18H,4-5,8H2,1-3H3,(H,17,19)/t10-,11?/m1/s1. The Balaban J connectivity index is 2.70. The van der Waals surface area contributed by atoms with Crippen molar-refractivity contribution >= 4 is 5.91 Å². The maximum Gasteiger partial charge on any atom is 0.260 e. The molecule has 0 fully saturated rings. The fourth-order valence-corrected chi connectivity index (χ4v) is 1.73. The fourth-order valence-electron chi connectivity index (χ4n) is 1.73. The van der Waals surface area contributed by atoms with E-state index in [1.54, 1.807) is 6.92 Å². The Bertz CT molecular complexity index is 449. The van der Waals surface area contributed by atoms with Crippen LogP contribution in [0.15, 0.2) is 18.2 Å². The van der Waals surface area contributed by atoms with E-state index in [2.05, 4.69) is 5.32 Å². The predicted molar refractivity (Wildman–Crippen MR) is 75.0 cm³/mol. The molecule has 20 heavy (non-hydrogen) atoms. The molecule has 1 aromatic rings. The fraction of sp³-hybridized carbons (Fsp3) is 0.533. The van der Waals surface area contributed by atoms with Crippen LogP contribution in [0.1, 0.15) is 45.3 Å². The largest absolute Gasteiger partial charge is 0.481 e. The summed E-state index contributed by atoms with van der Waals surface area (Å²) in [6.45, 7) is 5.79.